The van der Waals surface area contributed by atoms with Crippen LogP contribution in [0.15, 0.2) is 28.7 Å². The third-order valence-corrected chi connectivity index (χ3v) is 2.19. The Kier molecular flexibility index (Phi) is 8.18. The molecule has 0 aliphatic carbocycles. The molecule has 0 heterocycles. The number of hydrogen-bond acceptors (Lipinski definition) is 2. The Morgan fingerprint density at radius 1 is 1.43 bits per heavy atom. The Labute approximate surface area is 99.6 Å². The van der Waals surface area contributed by atoms with E-state index >= 15 is 0 Å². The number of rotatable bonds is 5. The fourth-order valence-corrected chi connectivity index (χ4v) is 1.50. The van der Waals surface area contributed by atoms with Gasteiger partial charge in [-0.05, 0) is 17.7 Å². The SMILES string of the molecule is COCCNCc1cccc(Br)c1.[Cl-]. The summed E-state index contributed by atoms with van der Waals surface area (Å²) in [6.45, 7) is 2.54. The van der Waals surface area contributed by atoms with Gasteiger partial charge in [0.25, 0.3) is 0 Å². The molecule has 2 nitrogen and oxygen atoms in total. The smallest absolute Gasteiger partial charge is 0.0587 e. The van der Waals surface area contributed by atoms with Crippen molar-refractivity contribution in [1.82, 2.24) is 5.32 Å². The summed E-state index contributed by atoms with van der Waals surface area (Å²) >= 11 is 3.43. The Morgan fingerprint density at radius 3 is 2.86 bits per heavy atom. The van der Waals surface area contributed by atoms with Crippen LogP contribution in [0.3, 0.4) is 0 Å². The van der Waals surface area contributed by atoms with Gasteiger partial charge in [0, 0.05) is 24.7 Å². The van der Waals surface area contributed by atoms with E-state index < -0.39 is 0 Å². The van der Waals surface area contributed by atoms with Crippen LogP contribution in [0.4, 0.5) is 0 Å². The molecule has 0 saturated heterocycles. The lowest BCUT2D eigenvalue weighted by atomic mass is 10.2. The lowest BCUT2D eigenvalue weighted by Crippen LogP contribution is -3.00. The van der Waals surface area contributed by atoms with Gasteiger partial charge in [-0.25, -0.2) is 0 Å². The van der Waals surface area contributed by atoms with Crippen LogP contribution in [-0.2, 0) is 11.3 Å². The second-order valence-corrected chi connectivity index (χ2v) is 3.72. The highest BCUT2D eigenvalue weighted by Gasteiger charge is 1.92. The lowest BCUT2D eigenvalue weighted by molar-refractivity contribution is -0.00000295. The minimum absolute atomic E-state index is 0. The molecule has 0 unspecified atom stereocenters. The first-order chi connectivity index (χ1) is 6.33. The molecule has 0 radical (unpaired) electrons. The number of ether oxygens (including phenoxy) is 1. The van der Waals surface area contributed by atoms with Crippen molar-refractivity contribution in [3.05, 3.63) is 34.3 Å². The van der Waals surface area contributed by atoms with Crippen molar-refractivity contribution in [3.8, 4) is 0 Å². The molecule has 4 heteroatoms. The molecule has 0 spiro atoms. The van der Waals surface area contributed by atoms with Crippen molar-refractivity contribution < 1.29 is 17.1 Å². The van der Waals surface area contributed by atoms with Gasteiger partial charge >= 0.3 is 0 Å². The van der Waals surface area contributed by atoms with E-state index in [-0.39, 0.29) is 12.4 Å². The lowest BCUT2D eigenvalue weighted by Gasteiger charge is -2.04. The molecular weight excluding hydrogens is 265 g/mol. The molecule has 0 atom stereocenters. The molecule has 1 aromatic carbocycles. The van der Waals surface area contributed by atoms with Crippen molar-refractivity contribution in [2.24, 2.45) is 0 Å². The number of nitrogens with one attached hydrogen (secondary N) is 1. The third kappa shape index (κ3) is 5.60. The van der Waals surface area contributed by atoms with Gasteiger partial charge in [-0.1, -0.05) is 28.1 Å². The molecular formula is C10H14BrClNO-. The van der Waals surface area contributed by atoms with Gasteiger partial charge in [0.05, 0.1) is 6.61 Å². The molecule has 0 aliphatic rings. The molecule has 0 fully saturated rings. The first-order valence-corrected chi connectivity index (χ1v) is 5.06. The summed E-state index contributed by atoms with van der Waals surface area (Å²) in [7, 11) is 1.71. The molecule has 1 aromatic rings. The van der Waals surface area contributed by atoms with Gasteiger partial charge in [0.1, 0.15) is 0 Å². The summed E-state index contributed by atoms with van der Waals surface area (Å²) in [5.41, 5.74) is 1.28. The van der Waals surface area contributed by atoms with E-state index in [0.717, 1.165) is 24.2 Å². The van der Waals surface area contributed by atoms with Crippen LogP contribution < -0.4 is 17.7 Å². The minimum atomic E-state index is 0. The van der Waals surface area contributed by atoms with E-state index in [1.54, 1.807) is 7.11 Å². The maximum atomic E-state index is 4.93. The van der Waals surface area contributed by atoms with Crippen molar-refractivity contribution in [1.29, 1.82) is 0 Å². The Balaban J connectivity index is 0.00000169. The van der Waals surface area contributed by atoms with E-state index in [1.807, 2.05) is 12.1 Å². The number of halogens is 2. The second-order valence-electron chi connectivity index (χ2n) is 2.80. The molecule has 0 bridgehead atoms. The topological polar surface area (TPSA) is 21.3 Å². The maximum Gasteiger partial charge on any atom is 0.0587 e. The Hall–Kier alpha value is -0.0900. The number of benzene rings is 1. The van der Waals surface area contributed by atoms with Gasteiger partial charge in [0.2, 0.25) is 0 Å². The quantitative estimate of drug-likeness (QED) is 0.712. The Bertz CT molecular complexity index is 258. The maximum absolute atomic E-state index is 4.93. The van der Waals surface area contributed by atoms with Gasteiger partial charge in [0.15, 0.2) is 0 Å². The second kappa shape index (κ2) is 8.24. The summed E-state index contributed by atoms with van der Waals surface area (Å²) in [4.78, 5) is 0. The summed E-state index contributed by atoms with van der Waals surface area (Å²) < 4.78 is 6.06. The van der Waals surface area contributed by atoms with Crippen LogP contribution in [-0.4, -0.2) is 20.3 Å². The van der Waals surface area contributed by atoms with Crippen LogP contribution in [0.1, 0.15) is 5.56 Å². The van der Waals surface area contributed by atoms with Crippen LogP contribution in [0.2, 0.25) is 0 Å². The van der Waals surface area contributed by atoms with Crippen molar-refractivity contribution >= 4 is 15.9 Å². The minimum Gasteiger partial charge on any atom is -1.00 e. The molecule has 0 saturated carbocycles. The van der Waals surface area contributed by atoms with Crippen LogP contribution >= 0.6 is 15.9 Å². The summed E-state index contributed by atoms with van der Waals surface area (Å²) in [5.74, 6) is 0. The monoisotopic (exact) mass is 278 g/mol. The highest BCUT2D eigenvalue weighted by molar-refractivity contribution is 9.10. The van der Waals surface area contributed by atoms with Crippen molar-refractivity contribution in [2.75, 3.05) is 20.3 Å². The van der Waals surface area contributed by atoms with E-state index in [4.69, 9.17) is 4.74 Å². The third-order valence-electron chi connectivity index (χ3n) is 1.70. The van der Waals surface area contributed by atoms with E-state index in [1.165, 1.54) is 5.56 Å². The van der Waals surface area contributed by atoms with E-state index in [2.05, 4.69) is 33.4 Å². The predicted octanol–water partition coefficient (Wildman–Crippen LogP) is -0.811. The molecule has 0 aliphatic heterocycles. The number of hydrogen-bond donors (Lipinski definition) is 1. The molecule has 80 valence electrons. The highest BCUT2D eigenvalue weighted by atomic mass is 79.9. The summed E-state index contributed by atoms with van der Waals surface area (Å²) in [6, 6.07) is 8.28. The normalized spacial score (nSPS) is 9.57. The van der Waals surface area contributed by atoms with E-state index in [0.29, 0.717) is 0 Å². The zero-order chi connectivity index (χ0) is 9.52. The first kappa shape index (κ1) is 13.9. The highest BCUT2D eigenvalue weighted by Crippen LogP contribution is 2.10. The number of methoxy groups -OCH3 is 1. The van der Waals surface area contributed by atoms with Gasteiger partial charge in [-0.15, -0.1) is 0 Å². The molecule has 0 amide bonds. The molecule has 1 rings (SSSR count). The Morgan fingerprint density at radius 2 is 2.21 bits per heavy atom. The van der Waals surface area contributed by atoms with E-state index in [9.17, 15) is 0 Å². The van der Waals surface area contributed by atoms with Crippen LogP contribution in [0, 0.1) is 0 Å². The molecule has 1 N–H and O–H groups in total. The predicted molar refractivity (Wildman–Crippen MR) is 57.7 cm³/mol. The zero-order valence-electron chi connectivity index (χ0n) is 8.09. The standard InChI is InChI=1S/C10H14BrNO.ClH/c1-13-6-5-12-8-9-3-2-4-10(11)7-9;/h2-4,7,12H,5-6,8H2,1H3;1H/p-1. The summed E-state index contributed by atoms with van der Waals surface area (Å²) in [5, 5.41) is 3.28. The molecule has 14 heavy (non-hydrogen) atoms. The fraction of sp³-hybridized carbons (Fsp3) is 0.400. The molecule has 0 aromatic heterocycles. The summed E-state index contributed by atoms with van der Waals surface area (Å²) in [6.07, 6.45) is 0. The van der Waals surface area contributed by atoms with Gasteiger partial charge in [-0.2, -0.15) is 0 Å². The van der Waals surface area contributed by atoms with Crippen molar-refractivity contribution in [3.63, 3.8) is 0 Å². The van der Waals surface area contributed by atoms with Crippen molar-refractivity contribution in [2.45, 2.75) is 6.54 Å². The zero-order valence-corrected chi connectivity index (χ0v) is 10.4. The van der Waals surface area contributed by atoms with Crippen LogP contribution in [0.5, 0.6) is 0 Å². The average Bonchev–Trinajstić information content (AvgIpc) is 2.13. The first-order valence-electron chi connectivity index (χ1n) is 4.27. The largest absolute Gasteiger partial charge is 1.00 e. The fourth-order valence-electron chi connectivity index (χ4n) is 1.05. The average molecular weight is 280 g/mol. The van der Waals surface area contributed by atoms with Gasteiger partial charge in [-0.3, -0.25) is 0 Å². The van der Waals surface area contributed by atoms with Crippen LogP contribution in [0.25, 0.3) is 0 Å². The van der Waals surface area contributed by atoms with Gasteiger partial charge < -0.3 is 22.5 Å².